The Kier molecular flexibility index (Phi) is 6.38. The van der Waals surface area contributed by atoms with E-state index in [0.717, 1.165) is 25.6 Å². The number of fused-ring (bicyclic) bond motifs is 1. The van der Waals surface area contributed by atoms with E-state index in [1.807, 2.05) is 24.3 Å². The van der Waals surface area contributed by atoms with Crippen LogP contribution in [-0.2, 0) is 11.3 Å². The second-order valence-electron chi connectivity index (χ2n) is 5.35. The molecule has 3 N–H and O–H groups in total. The summed E-state index contributed by atoms with van der Waals surface area (Å²) in [5, 5.41) is 4.71. The fraction of sp³-hybridized carbons (Fsp3) is 0.118. The maximum absolute atomic E-state index is 12.4. The maximum atomic E-state index is 12.4. The molecule has 3 aromatic rings. The van der Waals surface area contributed by atoms with Crippen LogP contribution in [0.4, 0.5) is 5.00 Å². The van der Waals surface area contributed by atoms with Gasteiger partial charge in [-0.05, 0) is 18.3 Å². The smallest absolute Gasteiger partial charge is 0.268 e. The van der Waals surface area contributed by atoms with Gasteiger partial charge in [0.2, 0.25) is 5.91 Å². The Balaban J connectivity index is 1.75. The first kappa shape index (κ1) is 20.1. The van der Waals surface area contributed by atoms with E-state index in [9.17, 15) is 9.59 Å². The number of rotatable bonds is 7. The van der Waals surface area contributed by atoms with Crippen molar-refractivity contribution in [2.75, 3.05) is 11.1 Å². The number of hydrogen-bond donors (Lipinski definition) is 2. The molecule has 3 rings (SSSR count). The second kappa shape index (κ2) is 8.57. The largest absolute Gasteiger partial charge is 0.364 e. The van der Waals surface area contributed by atoms with Gasteiger partial charge in [-0.3, -0.25) is 9.59 Å². The van der Waals surface area contributed by atoms with Gasteiger partial charge in [-0.15, -0.1) is 29.7 Å². The van der Waals surface area contributed by atoms with E-state index in [1.54, 1.807) is 22.0 Å². The van der Waals surface area contributed by atoms with Gasteiger partial charge >= 0.3 is 0 Å². The lowest BCUT2D eigenvalue weighted by molar-refractivity contribution is -0.113. The van der Waals surface area contributed by atoms with Crippen LogP contribution in [-0.4, -0.2) is 22.1 Å². The van der Waals surface area contributed by atoms with Crippen molar-refractivity contribution in [2.45, 2.75) is 10.8 Å². The van der Waals surface area contributed by atoms with Gasteiger partial charge in [0.1, 0.15) is 10.7 Å². The SMILES string of the molecule is C=CCn1c(C(N)=O)c(NC(=O)CSc2sc3ccccc3c2Cl)sc1=S. The number of benzene rings is 1. The highest BCUT2D eigenvalue weighted by Crippen LogP contribution is 2.41. The molecule has 0 unspecified atom stereocenters. The molecule has 0 aliphatic carbocycles. The highest BCUT2D eigenvalue weighted by atomic mass is 35.5. The van der Waals surface area contributed by atoms with Gasteiger partial charge in [-0.25, -0.2) is 0 Å². The Hall–Kier alpha value is -1.65. The third-order valence-electron chi connectivity index (χ3n) is 3.53. The van der Waals surface area contributed by atoms with E-state index >= 15 is 0 Å². The number of carbonyl (C=O) groups excluding carboxylic acids is 2. The third kappa shape index (κ3) is 4.27. The van der Waals surface area contributed by atoms with Crippen molar-refractivity contribution in [1.29, 1.82) is 0 Å². The first-order chi connectivity index (χ1) is 12.9. The summed E-state index contributed by atoms with van der Waals surface area (Å²) >= 11 is 15.7. The number of allylic oxidation sites excluding steroid dienone is 1. The number of nitrogens with two attached hydrogens (primary N) is 1. The van der Waals surface area contributed by atoms with Gasteiger partial charge in [0, 0.05) is 16.6 Å². The van der Waals surface area contributed by atoms with Gasteiger partial charge in [0.25, 0.3) is 5.91 Å². The minimum Gasteiger partial charge on any atom is -0.364 e. The number of nitrogens with one attached hydrogen (secondary N) is 1. The van der Waals surface area contributed by atoms with E-state index in [2.05, 4.69) is 11.9 Å². The Morgan fingerprint density at radius 1 is 1.37 bits per heavy atom. The molecule has 2 heterocycles. The predicted octanol–water partition coefficient (Wildman–Crippen LogP) is 5.16. The Bertz CT molecular complexity index is 1100. The molecule has 0 fully saturated rings. The first-order valence-electron chi connectivity index (χ1n) is 7.66. The van der Waals surface area contributed by atoms with Gasteiger partial charge in [0.15, 0.2) is 3.95 Å². The summed E-state index contributed by atoms with van der Waals surface area (Å²) in [5.74, 6) is -0.769. The summed E-state index contributed by atoms with van der Waals surface area (Å²) in [5.41, 5.74) is 5.64. The lowest BCUT2D eigenvalue weighted by atomic mass is 10.3. The molecule has 0 atom stereocenters. The number of aromatic nitrogens is 1. The van der Waals surface area contributed by atoms with Crippen LogP contribution in [0.3, 0.4) is 0 Å². The molecular formula is C17H14ClN3O2S4. The zero-order chi connectivity index (χ0) is 19.6. The number of thioether (sulfide) groups is 1. The van der Waals surface area contributed by atoms with Gasteiger partial charge in [-0.2, -0.15) is 0 Å². The summed E-state index contributed by atoms with van der Waals surface area (Å²) in [7, 11) is 0. The molecule has 5 nitrogen and oxygen atoms in total. The van der Waals surface area contributed by atoms with Crippen molar-refractivity contribution in [3.8, 4) is 0 Å². The van der Waals surface area contributed by atoms with Gasteiger partial charge in [0.05, 0.1) is 15.0 Å². The molecule has 0 saturated carbocycles. The highest BCUT2D eigenvalue weighted by Gasteiger charge is 2.19. The topological polar surface area (TPSA) is 77.1 Å². The van der Waals surface area contributed by atoms with Gasteiger partial charge in [-0.1, -0.05) is 47.2 Å². The van der Waals surface area contributed by atoms with Crippen LogP contribution in [0.1, 0.15) is 10.5 Å². The Morgan fingerprint density at radius 3 is 2.78 bits per heavy atom. The van der Waals surface area contributed by atoms with Crippen molar-refractivity contribution in [3.05, 3.63) is 51.6 Å². The number of primary amides is 1. The highest BCUT2D eigenvalue weighted by molar-refractivity contribution is 8.02. The van der Waals surface area contributed by atoms with Crippen LogP contribution < -0.4 is 11.1 Å². The number of nitrogens with zero attached hydrogens (tertiary/aromatic N) is 1. The molecule has 0 spiro atoms. The number of thiophene rings is 1. The monoisotopic (exact) mass is 455 g/mol. The maximum Gasteiger partial charge on any atom is 0.268 e. The fourth-order valence-electron chi connectivity index (χ4n) is 2.41. The fourth-order valence-corrected chi connectivity index (χ4v) is 6.33. The lowest BCUT2D eigenvalue weighted by Gasteiger charge is -2.06. The molecule has 0 aliphatic heterocycles. The average Bonchev–Trinajstić information content (AvgIpc) is 3.11. The summed E-state index contributed by atoms with van der Waals surface area (Å²) in [4.78, 5) is 24.2. The van der Waals surface area contributed by atoms with Gasteiger partial charge < -0.3 is 15.6 Å². The van der Waals surface area contributed by atoms with Crippen LogP contribution >= 0.6 is 58.3 Å². The van der Waals surface area contributed by atoms with Crippen LogP contribution in [0.2, 0.25) is 5.02 Å². The van der Waals surface area contributed by atoms with Crippen LogP contribution in [0.5, 0.6) is 0 Å². The van der Waals surface area contributed by atoms with E-state index in [1.165, 1.54) is 11.8 Å². The minimum atomic E-state index is -0.653. The molecule has 2 aromatic heterocycles. The molecule has 0 radical (unpaired) electrons. The van der Waals surface area contributed by atoms with E-state index in [4.69, 9.17) is 29.6 Å². The molecule has 0 bridgehead atoms. The molecule has 0 saturated heterocycles. The Labute approximate surface area is 177 Å². The van der Waals surface area contributed by atoms with Crippen LogP contribution in [0.25, 0.3) is 10.1 Å². The normalized spacial score (nSPS) is 10.9. The molecule has 0 aliphatic rings. The summed E-state index contributed by atoms with van der Waals surface area (Å²) in [6, 6.07) is 7.81. The average molecular weight is 456 g/mol. The lowest BCUT2D eigenvalue weighted by Crippen LogP contribution is -2.21. The molecule has 1 aromatic carbocycles. The predicted molar refractivity (Wildman–Crippen MR) is 118 cm³/mol. The molecular weight excluding hydrogens is 442 g/mol. The van der Waals surface area contributed by atoms with E-state index in [0.29, 0.717) is 20.5 Å². The number of hydrogen-bond acceptors (Lipinski definition) is 6. The number of halogens is 1. The summed E-state index contributed by atoms with van der Waals surface area (Å²) in [6.45, 7) is 3.98. The number of thiazole rings is 1. The van der Waals surface area contributed by atoms with Crippen molar-refractivity contribution >= 4 is 85.2 Å². The number of carbonyl (C=O) groups is 2. The number of amides is 2. The van der Waals surface area contributed by atoms with Crippen molar-refractivity contribution in [1.82, 2.24) is 4.57 Å². The zero-order valence-electron chi connectivity index (χ0n) is 13.9. The molecule has 140 valence electrons. The molecule has 27 heavy (non-hydrogen) atoms. The summed E-state index contributed by atoms with van der Waals surface area (Å²) in [6.07, 6.45) is 1.61. The van der Waals surface area contributed by atoms with Crippen molar-refractivity contribution in [3.63, 3.8) is 0 Å². The standard InChI is InChI=1S/C17H14ClN3O2S4/c1-2-7-21-13(14(19)23)15(27-17(21)24)20-11(22)8-25-16-12(18)9-5-3-4-6-10(9)26-16/h2-6H,1,7-8H2,(H2,19,23)(H,20,22). The Morgan fingerprint density at radius 2 is 2.11 bits per heavy atom. The van der Waals surface area contributed by atoms with Crippen molar-refractivity contribution in [2.24, 2.45) is 5.73 Å². The minimum absolute atomic E-state index is 0.150. The summed E-state index contributed by atoms with van der Waals surface area (Å²) < 4.78 is 3.95. The molecule has 2 amide bonds. The number of anilines is 1. The van der Waals surface area contributed by atoms with E-state index in [-0.39, 0.29) is 17.4 Å². The van der Waals surface area contributed by atoms with E-state index < -0.39 is 5.91 Å². The zero-order valence-corrected chi connectivity index (χ0v) is 17.9. The third-order valence-corrected chi connectivity index (χ3v) is 7.96. The first-order valence-corrected chi connectivity index (χ1v) is 11.1. The quantitative estimate of drug-likeness (QED) is 0.293. The van der Waals surface area contributed by atoms with Crippen molar-refractivity contribution < 1.29 is 9.59 Å². The molecule has 10 heteroatoms. The van der Waals surface area contributed by atoms with Crippen LogP contribution in [0.15, 0.2) is 41.1 Å². The van der Waals surface area contributed by atoms with Crippen LogP contribution in [0, 0.1) is 3.95 Å². The second-order valence-corrected chi connectivity index (χ2v) is 9.66.